The van der Waals surface area contributed by atoms with Crippen molar-refractivity contribution >= 4 is 23.4 Å². The second kappa shape index (κ2) is 10.6. The number of hydrogen-bond donors (Lipinski definition) is 1. The molecule has 6 nitrogen and oxygen atoms in total. The van der Waals surface area contributed by atoms with E-state index < -0.39 is 17.7 Å². The molecule has 8 heteroatoms. The number of hydrogen-bond acceptors (Lipinski definition) is 6. The van der Waals surface area contributed by atoms with Gasteiger partial charge in [-0.2, -0.15) is 0 Å². The lowest BCUT2D eigenvalue weighted by atomic mass is 9.68. The van der Waals surface area contributed by atoms with E-state index in [9.17, 15) is 14.0 Å². The van der Waals surface area contributed by atoms with E-state index in [1.807, 2.05) is 19.1 Å². The molecule has 2 aliphatic rings. The molecule has 2 aromatic rings. The lowest BCUT2D eigenvalue weighted by molar-refractivity contribution is -0.138. The third-order valence-electron chi connectivity index (χ3n) is 6.65. The highest BCUT2D eigenvalue weighted by Gasteiger charge is 2.43. The van der Waals surface area contributed by atoms with Gasteiger partial charge in [0, 0.05) is 34.9 Å². The summed E-state index contributed by atoms with van der Waals surface area (Å²) in [6, 6.07) is 9.43. The summed E-state index contributed by atoms with van der Waals surface area (Å²) in [6.45, 7) is 8.01. The van der Waals surface area contributed by atoms with Gasteiger partial charge in [0.05, 0.1) is 24.3 Å². The molecule has 0 aromatic heterocycles. The fourth-order valence-electron chi connectivity index (χ4n) is 5.09. The van der Waals surface area contributed by atoms with Gasteiger partial charge >= 0.3 is 5.97 Å². The van der Waals surface area contributed by atoms with Crippen LogP contribution in [-0.2, 0) is 20.9 Å². The summed E-state index contributed by atoms with van der Waals surface area (Å²) in [5.41, 5.74) is 3.74. The fraction of sp³-hybridized carbons (Fsp3) is 0.379. The van der Waals surface area contributed by atoms with Crippen molar-refractivity contribution in [2.45, 2.75) is 53.1 Å². The maximum Gasteiger partial charge on any atom is 0.336 e. The number of esters is 1. The Balaban J connectivity index is 1.79. The van der Waals surface area contributed by atoms with Gasteiger partial charge in [0.2, 0.25) is 0 Å². The van der Waals surface area contributed by atoms with E-state index in [0.717, 1.165) is 11.3 Å². The number of dihydropyridines is 1. The normalized spacial score (nSPS) is 18.8. The maximum atomic E-state index is 13.5. The largest absolute Gasteiger partial charge is 0.496 e. The van der Waals surface area contributed by atoms with Crippen molar-refractivity contribution in [1.29, 1.82) is 0 Å². The average Bonchev–Trinajstić information content (AvgIpc) is 2.81. The van der Waals surface area contributed by atoms with Gasteiger partial charge in [-0.05, 0) is 61.6 Å². The summed E-state index contributed by atoms with van der Waals surface area (Å²) in [4.78, 5) is 26.6. The molecule has 1 aliphatic carbocycles. The van der Waals surface area contributed by atoms with Crippen LogP contribution in [0.5, 0.6) is 11.5 Å². The van der Waals surface area contributed by atoms with Gasteiger partial charge < -0.3 is 19.5 Å². The van der Waals surface area contributed by atoms with Crippen molar-refractivity contribution in [3.63, 3.8) is 0 Å². The minimum absolute atomic E-state index is 0.00441. The third-order valence-corrected chi connectivity index (χ3v) is 6.95. The summed E-state index contributed by atoms with van der Waals surface area (Å²) >= 11 is 6.13. The van der Waals surface area contributed by atoms with Gasteiger partial charge in [-0.3, -0.25) is 4.79 Å². The maximum absolute atomic E-state index is 13.5. The molecule has 0 fully saturated rings. The summed E-state index contributed by atoms with van der Waals surface area (Å²) in [5.74, 6) is -0.619. The smallest absolute Gasteiger partial charge is 0.336 e. The first-order valence-electron chi connectivity index (χ1n) is 12.2. The number of ketones is 1. The van der Waals surface area contributed by atoms with Crippen LogP contribution in [-0.4, -0.2) is 25.5 Å². The molecule has 0 spiro atoms. The van der Waals surface area contributed by atoms with Crippen molar-refractivity contribution in [3.8, 4) is 11.5 Å². The first kappa shape index (κ1) is 26.7. The number of halogens is 2. The zero-order chi connectivity index (χ0) is 26.9. The van der Waals surface area contributed by atoms with Crippen molar-refractivity contribution < 1.29 is 28.2 Å². The van der Waals surface area contributed by atoms with E-state index in [-0.39, 0.29) is 29.4 Å². The van der Waals surface area contributed by atoms with Gasteiger partial charge in [0.25, 0.3) is 0 Å². The molecule has 1 N–H and O–H groups in total. The van der Waals surface area contributed by atoms with Gasteiger partial charge in [0.15, 0.2) is 5.78 Å². The number of Topliss-reactive ketones (excluding diaryl/α,β-unsaturated/α-hetero) is 1. The van der Waals surface area contributed by atoms with Crippen LogP contribution in [0.3, 0.4) is 0 Å². The number of allylic oxidation sites excluding steroid dienone is 3. The summed E-state index contributed by atoms with van der Waals surface area (Å²) < 4.78 is 30.3. The molecule has 196 valence electrons. The van der Waals surface area contributed by atoms with E-state index in [1.54, 1.807) is 20.1 Å². The minimum atomic E-state index is -0.599. The van der Waals surface area contributed by atoms with E-state index in [2.05, 4.69) is 19.2 Å². The topological polar surface area (TPSA) is 73.9 Å². The Morgan fingerprint density at radius 2 is 1.89 bits per heavy atom. The number of methoxy groups -OCH3 is 1. The molecule has 37 heavy (non-hydrogen) atoms. The summed E-state index contributed by atoms with van der Waals surface area (Å²) in [5, 5.41) is 3.49. The average molecular weight is 528 g/mol. The highest BCUT2D eigenvalue weighted by molar-refractivity contribution is 6.32. The van der Waals surface area contributed by atoms with Crippen LogP contribution < -0.4 is 14.8 Å². The standard InChI is InChI=1S/C29H31ClFNO5/c1-6-36-28(34)25-16(2)32-21-13-29(3,4)14-22(33)27(21)26(25)17-7-9-23(35-5)18(11-17)15-37-24-10-8-19(31)12-20(24)30/h7-12,26,32H,6,13-15H2,1-5H3/t26-/m1/s1. The number of ether oxygens (including phenoxy) is 3. The van der Waals surface area contributed by atoms with Crippen molar-refractivity contribution in [2.75, 3.05) is 13.7 Å². The molecule has 0 saturated carbocycles. The molecule has 0 saturated heterocycles. The monoisotopic (exact) mass is 527 g/mol. The Bertz CT molecular complexity index is 1310. The van der Waals surface area contributed by atoms with Gasteiger partial charge in [-0.25, -0.2) is 9.18 Å². The number of rotatable bonds is 7. The first-order valence-corrected chi connectivity index (χ1v) is 12.6. The molecule has 0 unspecified atom stereocenters. The predicted molar refractivity (Wildman–Crippen MR) is 139 cm³/mol. The number of carbonyl (C=O) groups excluding carboxylic acids is 2. The third kappa shape index (κ3) is 5.52. The molecular formula is C29H31ClFNO5. The van der Waals surface area contributed by atoms with Gasteiger partial charge in [0.1, 0.15) is 23.9 Å². The van der Waals surface area contributed by atoms with Crippen molar-refractivity contribution in [3.05, 3.63) is 80.9 Å². The van der Waals surface area contributed by atoms with Crippen LogP contribution in [0.1, 0.15) is 57.6 Å². The van der Waals surface area contributed by atoms with Gasteiger partial charge in [-0.1, -0.05) is 31.5 Å². The number of benzene rings is 2. The van der Waals surface area contributed by atoms with Crippen LogP contribution in [0, 0.1) is 11.2 Å². The molecular weight excluding hydrogens is 497 g/mol. The van der Waals surface area contributed by atoms with Crippen molar-refractivity contribution in [1.82, 2.24) is 5.32 Å². The van der Waals surface area contributed by atoms with Crippen LogP contribution in [0.15, 0.2) is 58.9 Å². The highest BCUT2D eigenvalue weighted by atomic mass is 35.5. The van der Waals surface area contributed by atoms with Crippen LogP contribution in [0.2, 0.25) is 5.02 Å². The van der Waals surface area contributed by atoms with Gasteiger partial charge in [-0.15, -0.1) is 0 Å². The lowest BCUT2D eigenvalue weighted by Crippen LogP contribution is -2.38. The Kier molecular flexibility index (Phi) is 7.64. The Hall–Kier alpha value is -3.32. The van der Waals surface area contributed by atoms with Crippen molar-refractivity contribution in [2.24, 2.45) is 5.41 Å². The Morgan fingerprint density at radius 3 is 2.57 bits per heavy atom. The zero-order valence-electron chi connectivity index (χ0n) is 21.7. The van der Waals surface area contributed by atoms with E-state index in [1.165, 1.54) is 18.2 Å². The lowest BCUT2D eigenvalue weighted by Gasteiger charge is -2.39. The SMILES string of the molecule is CCOC(=O)C1=C(C)NC2=C(C(=O)CC(C)(C)C2)[C@@H]1c1ccc(OC)c(COc2ccc(F)cc2Cl)c1. The second-order valence-corrected chi connectivity index (χ2v) is 10.5. The molecule has 1 aliphatic heterocycles. The van der Waals surface area contributed by atoms with E-state index >= 15 is 0 Å². The molecule has 2 aromatic carbocycles. The molecule has 1 heterocycles. The molecule has 0 amide bonds. The fourth-order valence-corrected chi connectivity index (χ4v) is 5.31. The number of carbonyl (C=O) groups is 2. The van der Waals surface area contributed by atoms with E-state index in [4.69, 9.17) is 25.8 Å². The Labute approximate surface area is 221 Å². The zero-order valence-corrected chi connectivity index (χ0v) is 22.4. The summed E-state index contributed by atoms with van der Waals surface area (Å²) in [6.07, 6.45) is 1.07. The Morgan fingerprint density at radius 1 is 1.16 bits per heavy atom. The van der Waals surface area contributed by atoms with Crippen LogP contribution >= 0.6 is 11.6 Å². The highest BCUT2D eigenvalue weighted by Crippen LogP contribution is 2.47. The van der Waals surface area contributed by atoms with Crippen LogP contribution in [0.4, 0.5) is 4.39 Å². The molecule has 1 atom stereocenters. The second-order valence-electron chi connectivity index (χ2n) is 10.1. The summed E-state index contributed by atoms with van der Waals surface area (Å²) in [7, 11) is 1.55. The predicted octanol–water partition coefficient (Wildman–Crippen LogP) is 6.23. The van der Waals surface area contributed by atoms with E-state index in [0.29, 0.717) is 46.7 Å². The molecule has 0 bridgehead atoms. The molecule has 0 radical (unpaired) electrons. The minimum Gasteiger partial charge on any atom is -0.496 e. The van der Waals surface area contributed by atoms with Crippen LogP contribution in [0.25, 0.3) is 0 Å². The first-order chi connectivity index (χ1) is 17.5. The quantitative estimate of drug-likeness (QED) is 0.430. The number of nitrogens with one attached hydrogen (secondary N) is 1. The molecule has 4 rings (SSSR count).